The molecule has 2 atom stereocenters. The van der Waals surface area contributed by atoms with E-state index >= 15 is 0 Å². The molecule has 2 N–H and O–H groups in total. The van der Waals surface area contributed by atoms with Gasteiger partial charge in [0.05, 0.1) is 11.2 Å². The van der Waals surface area contributed by atoms with Gasteiger partial charge in [0.1, 0.15) is 4.88 Å². The van der Waals surface area contributed by atoms with Crippen LogP contribution in [0, 0.1) is 5.92 Å². The fraction of sp³-hybridized carbons (Fsp3) is 0.294. The molecule has 0 saturated carbocycles. The van der Waals surface area contributed by atoms with Crippen LogP contribution in [0.3, 0.4) is 0 Å². The number of thiazole rings is 1. The zero-order valence-electron chi connectivity index (χ0n) is 12.1. The number of hydrogen-bond donors (Lipinski definition) is 2. The Morgan fingerprint density at radius 3 is 2.86 bits per heavy atom. The average molecular weight is 314 g/mol. The molecule has 1 aromatic heterocycles. The second-order valence-electron chi connectivity index (χ2n) is 5.42. The van der Waals surface area contributed by atoms with Crippen molar-refractivity contribution in [3.63, 3.8) is 0 Å². The normalized spacial score (nSPS) is 20.2. The molecule has 3 rings (SSSR count). The molecule has 1 aliphatic rings. The summed E-state index contributed by atoms with van der Waals surface area (Å²) in [5, 5.41) is 13.0. The van der Waals surface area contributed by atoms with Gasteiger partial charge in [-0.05, 0) is 12.0 Å². The lowest BCUT2D eigenvalue weighted by Gasteiger charge is -2.11. The third-order valence-corrected chi connectivity index (χ3v) is 4.69. The number of aromatic nitrogens is 1. The van der Waals surface area contributed by atoms with Crippen LogP contribution in [-0.4, -0.2) is 28.6 Å². The molecule has 114 valence electrons. The van der Waals surface area contributed by atoms with Crippen molar-refractivity contribution in [3.05, 3.63) is 64.1 Å². The van der Waals surface area contributed by atoms with Gasteiger partial charge in [-0.1, -0.05) is 42.5 Å². The van der Waals surface area contributed by atoms with Gasteiger partial charge in [0, 0.05) is 25.0 Å². The van der Waals surface area contributed by atoms with Crippen molar-refractivity contribution in [1.82, 2.24) is 10.3 Å². The lowest BCUT2D eigenvalue weighted by atomic mass is 10.1. The van der Waals surface area contributed by atoms with E-state index in [1.165, 1.54) is 16.9 Å². The SMILES string of the molecule is O=C(N[C@@H]1C=C[C@H](CO)C1)c1cnc(Cc2ccccc2)s1. The molecule has 22 heavy (non-hydrogen) atoms. The number of carbonyl (C=O) groups is 1. The van der Waals surface area contributed by atoms with Gasteiger partial charge in [-0.25, -0.2) is 4.98 Å². The standard InChI is InChI=1S/C17H18N2O2S/c20-11-13-6-7-14(8-13)19-17(21)15-10-18-16(22-15)9-12-4-2-1-3-5-12/h1-7,10,13-14,20H,8-9,11H2,(H,19,21)/t13-,14+/m0/s1. The molecule has 0 unspecified atom stereocenters. The quantitative estimate of drug-likeness (QED) is 0.833. The molecule has 0 bridgehead atoms. The molecule has 0 radical (unpaired) electrons. The number of aliphatic hydroxyl groups excluding tert-OH is 1. The first-order valence-electron chi connectivity index (χ1n) is 7.33. The van der Waals surface area contributed by atoms with E-state index in [0.29, 0.717) is 4.88 Å². The highest BCUT2D eigenvalue weighted by atomic mass is 32.1. The van der Waals surface area contributed by atoms with Crippen LogP contribution >= 0.6 is 11.3 Å². The van der Waals surface area contributed by atoms with Gasteiger partial charge in [-0.15, -0.1) is 11.3 Å². The van der Waals surface area contributed by atoms with Gasteiger partial charge in [0.15, 0.2) is 0 Å². The van der Waals surface area contributed by atoms with Gasteiger partial charge in [0.2, 0.25) is 0 Å². The van der Waals surface area contributed by atoms with E-state index < -0.39 is 0 Å². The zero-order chi connectivity index (χ0) is 15.4. The number of nitrogens with one attached hydrogen (secondary N) is 1. The van der Waals surface area contributed by atoms with E-state index in [9.17, 15) is 4.79 Å². The Morgan fingerprint density at radius 2 is 2.14 bits per heavy atom. The van der Waals surface area contributed by atoms with Gasteiger partial charge < -0.3 is 10.4 Å². The lowest BCUT2D eigenvalue weighted by molar-refractivity contribution is 0.0945. The summed E-state index contributed by atoms with van der Waals surface area (Å²) in [5.41, 5.74) is 1.19. The largest absolute Gasteiger partial charge is 0.396 e. The Morgan fingerprint density at radius 1 is 1.32 bits per heavy atom. The van der Waals surface area contributed by atoms with Crippen LogP contribution in [0.1, 0.15) is 26.7 Å². The third kappa shape index (κ3) is 3.61. The predicted molar refractivity (Wildman–Crippen MR) is 86.9 cm³/mol. The summed E-state index contributed by atoms with van der Waals surface area (Å²) in [5.74, 6) is 0.0606. The highest BCUT2D eigenvalue weighted by Crippen LogP contribution is 2.20. The van der Waals surface area contributed by atoms with Crippen molar-refractivity contribution in [2.75, 3.05) is 6.61 Å². The van der Waals surface area contributed by atoms with Crippen LogP contribution < -0.4 is 5.32 Å². The van der Waals surface area contributed by atoms with Crippen LogP contribution in [0.4, 0.5) is 0 Å². The number of nitrogens with zero attached hydrogens (tertiary/aromatic N) is 1. The fourth-order valence-corrected chi connectivity index (χ4v) is 3.38. The van der Waals surface area contributed by atoms with Crippen molar-refractivity contribution in [2.24, 2.45) is 5.92 Å². The fourth-order valence-electron chi connectivity index (χ4n) is 2.52. The summed E-state index contributed by atoms with van der Waals surface area (Å²) < 4.78 is 0. The average Bonchev–Trinajstić information content (AvgIpc) is 3.17. The first-order chi connectivity index (χ1) is 10.7. The van der Waals surface area contributed by atoms with E-state index in [0.717, 1.165) is 17.8 Å². The first kappa shape index (κ1) is 14.9. The number of rotatable bonds is 5. The zero-order valence-corrected chi connectivity index (χ0v) is 12.9. The summed E-state index contributed by atoms with van der Waals surface area (Å²) in [6, 6.07) is 10.1. The minimum Gasteiger partial charge on any atom is -0.396 e. The van der Waals surface area contributed by atoms with Crippen LogP contribution in [0.15, 0.2) is 48.7 Å². The molecular formula is C17H18N2O2S. The summed E-state index contributed by atoms with van der Waals surface area (Å²) >= 11 is 1.43. The summed E-state index contributed by atoms with van der Waals surface area (Å²) in [4.78, 5) is 17.2. The van der Waals surface area contributed by atoms with E-state index in [1.54, 1.807) is 6.20 Å². The summed E-state index contributed by atoms with van der Waals surface area (Å²) in [6.45, 7) is 0.130. The lowest BCUT2D eigenvalue weighted by Crippen LogP contribution is -2.32. The molecule has 0 spiro atoms. The summed E-state index contributed by atoms with van der Waals surface area (Å²) in [6.07, 6.45) is 7.05. The summed E-state index contributed by atoms with van der Waals surface area (Å²) in [7, 11) is 0. The molecule has 4 nitrogen and oxygen atoms in total. The first-order valence-corrected chi connectivity index (χ1v) is 8.15. The Bertz CT molecular complexity index is 666. The number of benzene rings is 1. The Labute approximate surface area is 133 Å². The molecule has 5 heteroatoms. The number of hydrogen-bond acceptors (Lipinski definition) is 4. The molecule has 0 aliphatic heterocycles. The Balaban J connectivity index is 1.59. The molecule has 1 aromatic carbocycles. The second kappa shape index (κ2) is 6.85. The van der Waals surface area contributed by atoms with Crippen LogP contribution in [-0.2, 0) is 6.42 Å². The molecular weight excluding hydrogens is 296 g/mol. The maximum Gasteiger partial charge on any atom is 0.263 e. The third-order valence-electron chi connectivity index (χ3n) is 3.70. The van der Waals surface area contributed by atoms with Crippen LogP contribution in [0.2, 0.25) is 0 Å². The maximum absolute atomic E-state index is 12.2. The molecule has 0 fully saturated rings. The molecule has 1 heterocycles. The van der Waals surface area contributed by atoms with E-state index in [2.05, 4.69) is 22.4 Å². The minimum atomic E-state index is -0.0925. The van der Waals surface area contributed by atoms with Crippen molar-refractivity contribution in [1.29, 1.82) is 0 Å². The van der Waals surface area contributed by atoms with Crippen LogP contribution in [0.5, 0.6) is 0 Å². The maximum atomic E-state index is 12.2. The van der Waals surface area contributed by atoms with Crippen molar-refractivity contribution < 1.29 is 9.90 Å². The van der Waals surface area contributed by atoms with Crippen LogP contribution in [0.25, 0.3) is 0 Å². The number of carbonyl (C=O) groups excluding carboxylic acids is 1. The van der Waals surface area contributed by atoms with Crippen molar-refractivity contribution in [2.45, 2.75) is 18.9 Å². The molecule has 2 aromatic rings. The van der Waals surface area contributed by atoms with Gasteiger partial charge in [-0.2, -0.15) is 0 Å². The number of amides is 1. The van der Waals surface area contributed by atoms with Crippen molar-refractivity contribution >= 4 is 17.2 Å². The Kier molecular flexibility index (Phi) is 4.65. The van der Waals surface area contributed by atoms with Crippen molar-refractivity contribution in [3.8, 4) is 0 Å². The predicted octanol–water partition coefficient (Wildman–Crippen LogP) is 2.40. The monoisotopic (exact) mass is 314 g/mol. The van der Waals surface area contributed by atoms with Gasteiger partial charge >= 0.3 is 0 Å². The second-order valence-corrected chi connectivity index (χ2v) is 6.54. The smallest absolute Gasteiger partial charge is 0.263 e. The van der Waals surface area contributed by atoms with E-state index in [1.807, 2.05) is 30.4 Å². The molecule has 0 saturated heterocycles. The minimum absolute atomic E-state index is 0.00400. The topological polar surface area (TPSA) is 62.2 Å². The van der Waals surface area contributed by atoms with E-state index in [-0.39, 0.29) is 24.5 Å². The van der Waals surface area contributed by atoms with Gasteiger partial charge in [-0.3, -0.25) is 4.79 Å². The molecule has 1 amide bonds. The highest BCUT2D eigenvalue weighted by molar-refractivity contribution is 7.13. The van der Waals surface area contributed by atoms with Gasteiger partial charge in [0.25, 0.3) is 5.91 Å². The Hall–Kier alpha value is -1.98. The van der Waals surface area contributed by atoms with E-state index in [4.69, 9.17) is 5.11 Å². The highest BCUT2D eigenvalue weighted by Gasteiger charge is 2.21. The molecule has 1 aliphatic carbocycles. The number of aliphatic hydroxyl groups is 1.